The molecular weight excluding hydrogens is 204 g/mol. The van der Waals surface area contributed by atoms with E-state index in [9.17, 15) is 4.79 Å². The quantitative estimate of drug-likeness (QED) is 0.806. The van der Waals surface area contributed by atoms with Gasteiger partial charge in [0, 0.05) is 11.6 Å². The van der Waals surface area contributed by atoms with Crippen LogP contribution >= 0.6 is 0 Å². The molecule has 0 fully saturated rings. The van der Waals surface area contributed by atoms with E-state index in [1.165, 1.54) is 0 Å². The molecule has 0 bridgehead atoms. The highest BCUT2D eigenvalue weighted by Gasteiger charge is 2.34. The Bertz CT molecular complexity index is 456. The zero-order valence-electron chi connectivity index (χ0n) is 9.05. The van der Waals surface area contributed by atoms with Crippen LogP contribution in [0.25, 0.3) is 0 Å². The van der Waals surface area contributed by atoms with E-state index in [0.29, 0.717) is 6.42 Å². The highest BCUT2D eigenvalue weighted by Crippen LogP contribution is 2.39. The van der Waals surface area contributed by atoms with Gasteiger partial charge in [-0.2, -0.15) is 0 Å². The molecule has 0 aliphatic carbocycles. The fourth-order valence-corrected chi connectivity index (χ4v) is 2.06. The SMILES string of the molecule is CC1(C[C@@H](N)C(=O)O)C=Nc2ccccc21. The number of benzene rings is 1. The number of hydrogen-bond donors (Lipinski definition) is 2. The summed E-state index contributed by atoms with van der Waals surface area (Å²) in [6.45, 7) is 1.96. The third-order valence-corrected chi connectivity index (χ3v) is 2.97. The molecule has 3 N–H and O–H groups in total. The summed E-state index contributed by atoms with van der Waals surface area (Å²) in [5.41, 5.74) is 7.16. The zero-order valence-corrected chi connectivity index (χ0v) is 9.05. The van der Waals surface area contributed by atoms with Gasteiger partial charge in [-0.1, -0.05) is 25.1 Å². The molecule has 4 heteroatoms. The number of aliphatic carboxylic acids is 1. The summed E-state index contributed by atoms with van der Waals surface area (Å²) in [5, 5.41) is 8.84. The molecule has 4 nitrogen and oxygen atoms in total. The van der Waals surface area contributed by atoms with Crippen LogP contribution in [0.1, 0.15) is 18.9 Å². The normalized spacial score (nSPS) is 24.1. The molecule has 1 aliphatic heterocycles. The molecule has 1 heterocycles. The largest absolute Gasteiger partial charge is 0.480 e. The third-order valence-electron chi connectivity index (χ3n) is 2.97. The molecule has 0 aromatic heterocycles. The van der Waals surface area contributed by atoms with Gasteiger partial charge in [-0.05, 0) is 18.1 Å². The second kappa shape index (κ2) is 3.72. The van der Waals surface area contributed by atoms with Crippen LogP contribution in [0.2, 0.25) is 0 Å². The number of rotatable bonds is 3. The van der Waals surface area contributed by atoms with Crippen LogP contribution in [0.15, 0.2) is 29.3 Å². The van der Waals surface area contributed by atoms with E-state index in [-0.39, 0.29) is 5.41 Å². The van der Waals surface area contributed by atoms with Crippen LogP contribution in [0.4, 0.5) is 5.69 Å². The molecule has 1 unspecified atom stereocenters. The summed E-state index contributed by atoms with van der Waals surface area (Å²) >= 11 is 0. The van der Waals surface area contributed by atoms with Crippen molar-refractivity contribution in [2.45, 2.75) is 24.8 Å². The molecule has 0 radical (unpaired) electrons. The second-order valence-corrected chi connectivity index (χ2v) is 4.34. The molecule has 1 aromatic carbocycles. The van der Waals surface area contributed by atoms with Crippen LogP contribution in [0.3, 0.4) is 0 Å². The number of para-hydroxylation sites is 1. The number of nitrogens with zero attached hydrogens (tertiary/aromatic N) is 1. The van der Waals surface area contributed by atoms with Gasteiger partial charge in [-0.25, -0.2) is 0 Å². The molecule has 2 rings (SSSR count). The average molecular weight is 218 g/mol. The Balaban J connectivity index is 2.29. The fraction of sp³-hybridized carbons (Fsp3) is 0.333. The average Bonchev–Trinajstić information content (AvgIpc) is 2.57. The van der Waals surface area contributed by atoms with Gasteiger partial charge in [-0.3, -0.25) is 9.79 Å². The molecule has 84 valence electrons. The first-order valence-electron chi connectivity index (χ1n) is 5.16. The maximum atomic E-state index is 10.8. The molecule has 1 aliphatic rings. The molecule has 16 heavy (non-hydrogen) atoms. The third kappa shape index (κ3) is 1.72. The first-order valence-corrected chi connectivity index (χ1v) is 5.16. The standard InChI is InChI=1S/C12H14N2O2/c1-12(6-9(13)11(15)16)7-14-10-5-3-2-4-8(10)12/h2-5,7,9H,6,13H2,1H3,(H,15,16)/t9-,12?/m1/s1. The highest BCUT2D eigenvalue weighted by molar-refractivity contribution is 5.86. The first-order chi connectivity index (χ1) is 7.53. The summed E-state index contributed by atoms with van der Waals surface area (Å²) in [4.78, 5) is 15.1. The van der Waals surface area contributed by atoms with Gasteiger partial charge in [-0.15, -0.1) is 0 Å². The van der Waals surface area contributed by atoms with Gasteiger partial charge >= 0.3 is 5.97 Å². The monoisotopic (exact) mass is 218 g/mol. The number of carbonyl (C=O) groups is 1. The van der Waals surface area contributed by atoms with Crippen molar-refractivity contribution in [2.24, 2.45) is 10.7 Å². The number of hydrogen-bond acceptors (Lipinski definition) is 3. The lowest BCUT2D eigenvalue weighted by Crippen LogP contribution is -2.38. The van der Waals surface area contributed by atoms with Gasteiger partial charge in [0.2, 0.25) is 0 Å². The molecule has 0 spiro atoms. The first kappa shape index (κ1) is 10.8. The molecule has 0 saturated heterocycles. The molecular formula is C12H14N2O2. The number of carboxylic acid groups (broad SMARTS) is 1. The Morgan fingerprint density at radius 2 is 2.25 bits per heavy atom. The van der Waals surface area contributed by atoms with Gasteiger partial charge in [0.25, 0.3) is 0 Å². The highest BCUT2D eigenvalue weighted by atomic mass is 16.4. The van der Waals surface area contributed by atoms with Gasteiger partial charge in [0.05, 0.1) is 5.69 Å². The lowest BCUT2D eigenvalue weighted by molar-refractivity contribution is -0.138. The Labute approximate surface area is 93.8 Å². The van der Waals surface area contributed by atoms with Gasteiger partial charge < -0.3 is 10.8 Å². The minimum atomic E-state index is -0.973. The Morgan fingerprint density at radius 1 is 1.56 bits per heavy atom. The molecule has 2 atom stereocenters. The minimum Gasteiger partial charge on any atom is -0.480 e. The maximum absolute atomic E-state index is 10.8. The second-order valence-electron chi connectivity index (χ2n) is 4.34. The van der Waals surface area contributed by atoms with Crippen molar-refractivity contribution in [3.8, 4) is 0 Å². The van der Waals surface area contributed by atoms with Crippen molar-refractivity contribution in [3.05, 3.63) is 29.8 Å². The van der Waals surface area contributed by atoms with Gasteiger partial charge in [0.1, 0.15) is 6.04 Å². The maximum Gasteiger partial charge on any atom is 0.320 e. The minimum absolute atomic E-state index is 0.364. The smallest absolute Gasteiger partial charge is 0.320 e. The van der Waals surface area contributed by atoms with Crippen molar-refractivity contribution in [2.75, 3.05) is 0 Å². The zero-order chi connectivity index (χ0) is 11.8. The molecule has 0 saturated carbocycles. The Kier molecular flexibility index (Phi) is 2.52. The predicted molar refractivity (Wildman–Crippen MR) is 62.2 cm³/mol. The van der Waals surface area contributed by atoms with Crippen LogP contribution < -0.4 is 5.73 Å². The van der Waals surface area contributed by atoms with Crippen LogP contribution in [-0.2, 0) is 10.2 Å². The van der Waals surface area contributed by atoms with Crippen molar-refractivity contribution >= 4 is 17.9 Å². The van der Waals surface area contributed by atoms with Crippen molar-refractivity contribution in [3.63, 3.8) is 0 Å². The summed E-state index contributed by atoms with van der Waals surface area (Å²) in [6, 6.07) is 6.87. The molecule has 0 amide bonds. The molecule has 1 aromatic rings. The van der Waals surface area contributed by atoms with Crippen LogP contribution in [0.5, 0.6) is 0 Å². The number of nitrogens with two attached hydrogens (primary N) is 1. The van der Waals surface area contributed by atoms with Crippen LogP contribution in [-0.4, -0.2) is 23.3 Å². The summed E-state index contributed by atoms with van der Waals surface area (Å²) < 4.78 is 0. The van der Waals surface area contributed by atoms with Crippen molar-refractivity contribution < 1.29 is 9.90 Å². The predicted octanol–water partition coefficient (Wildman–Crippen LogP) is 1.46. The van der Waals surface area contributed by atoms with E-state index < -0.39 is 12.0 Å². The fourth-order valence-electron chi connectivity index (χ4n) is 2.06. The lowest BCUT2D eigenvalue weighted by atomic mass is 9.79. The van der Waals surface area contributed by atoms with Crippen LogP contribution in [0, 0.1) is 0 Å². The Hall–Kier alpha value is -1.68. The van der Waals surface area contributed by atoms with E-state index in [4.69, 9.17) is 10.8 Å². The topological polar surface area (TPSA) is 75.7 Å². The van der Waals surface area contributed by atoms with Gasteiger partial charge in [0.15, 0.2) is 0 Å². The summed E-state index contributed by atoms with van der Waals surface area (Å²) in [7, 11) is 0. The van der Waals surface area contributed by atoms with E-state index in [1.807, 2.05) is 31.2 Å². The van der Waals surface area contributed by atoms with E-state index in [0.717, 1.165) is 11.3 Å². The van der Waals surface area contributed by atoms with Crippen molar-refractivity contribution in [1.82, 2.24) is 0 Å². The Morgan fingerprint density at radius 3 is 2.94 bits per heavy atom. The van der Waals surface area contributed by atoms with E-state index in [1.54, 1.807) is 6.21 Å². The van der Waals surface area contributed by atoms with E-state index in [2.05, 4.69) is 4.99 Å². The number of carboxylic acids is 1. The van der Waals surface area contributed by atoms with Crippen molar-refractivity contribution in [1.29, 1.82) is 0 Å². The lowest BCUT2D eigenvalue weighted by Gasteiger charge is -2.24. The number of aliphatic imine (C=N–C) groups is 1. The summed E-state index contributed by atoms with van der Waals surface area (Å²) in [5.74, 6) is -0.973. The van der Waals surface area contributed by atoms with E-state index >= 15 is 0 Å². The number of fused-ring (bicyclic) bond motifs is 1. The summed E-state index contributed by atoms with van der Waals surface area (Å²) in [6.07, 6.45) is 2.16.